The summed E-state index contributed by atoms with van der Waals surface area (Å²) in [5.41, 5.74) is 0. The standard InChI is InChI=1S/C11H20BrO6P/c1-7(2)17-19(12,18-8(3)4)9(10(13)15-5)11(14)16-6/h7-8H,1-6H3. The maximum absolute atomic E-state index is 11.8. The molecule has 0 aromatic carbocycles. The Kier molecular flexibility index (Phi) is 7.89. The van der Waals surface area contributed by atoms with Gasteiger partial charge in [0, 0.05) is 15.5 Å². The number of rotatable bonds is 6. The third kappa shape index (κ3) is 5.65. The van der Waals surface area contributed by atoms with Gasteiger partial charge in [0.15, 0.2) is 0 Å². The van der Waals surface area contributed by atoms with Gasteiger partial charge in [-0.05, 0) is 27.7 Å². The normalized spacial score (nSPS) is 11.6. The zero-order valence-corrected chi connectivity index (χ0v) is 14.4. The summed E-state index contributed by atoms with van der Waals surface area (Å²) in [5, 5.41) is -0.292. The molecule has 0 unspecified atom stereocenters. The fraction of sp³-hybridized carbons (Fsp3) is 0.727. The maximum atomic E-state index is 11.8. The molecule has 0 heterocycles. The van der Waals surface area contributed by atoms with E-state index in [0.717, 1.165) is 0 Å². The van der Waals surface area contributed by atoms with Crippen LogP contribution in [0, 0.1) is 0 Å². The summed E-state index contributed by atoms with van der Waals surface area (Å²) in [6.45, 7) is 7.08. The van der Waals surface area contributed by atoms with Crippen LogP contribution in [0.15, 0.2) is 0 Å². The second kappa shape index (κ2) is 8.04. The number of hydrogen-bond donors (Lipinski definition) is 0. The molecule has 0 N–H and O–H groups in total. The lowest BCUT2D eigenvalue weighted by Crippen LogP contribution is -2.29. The molecule has 0 aromatic rings. The lowest BCUT2D eigenvalue weighted by atomic mass is 10.4. The highest BCUT2D eigenvalue weighted by Gasteiger charge is 2.36. The number of methoxy groups -OCH3 is 2. The third-order valence-corrected chi connectivity index (χ3v) is 6.07. The van der Waals surface area contributed by atoms with Crippen molar-refractivity contribution in [2.75, 3.05) is 14.2 Å². The number of carbonyl (C=O) groups excluding carboxylic acids is 2. The minimum atomic E-state index is -3.06. The predicted molar refractivity (Wildman–Crippen MR) is 77.3 cm³/mol. The van der Waals surface area contributed by atoms with Gasteiger partial charge in [-0.2, -0.15) is 0 Å². The lowest BCUT2D eigenvalue weighted by molar-refractivity contribution is -0.137. The van der Waals surface area contributed by atoms with Gasteiger partial charge in [0.25, 0.3) is 0 Å². The Hall–Kier alpha value is -0.360. The van der Waals surface area contributed by atoms with Crippen LogP contribution in [0.2, 0.25) is 0 Å². The van der Waals surface area contributed by atoms with E-state index >= 15 is 0 Å². The molecule has 0 aliphatic rings. The van der Waals surface area contributed by atoms with Crippen molar-refractivity contribution in [3.63, 3.8) is 0 Å². The van der Waals surface area contributed by atoms with E-state index in [1.165, 1.54) is 14.2 Å². The number of ether oxygens (including phenoxy) is 2. The van der Waals surface area contributed by atoms with Gasteiger partial charge in [-0.25, -0.2) is 9.59 Å². The molecule has 0 aliphatic heterocycles. The van der Waals surface area contributed by atoms with Crippen LogP contribution in [-0.4, -0.2) is 43.7 Å². The summed E-state index contributed by atoms with van der Waals surface area (Å²) < 4.78 is 20.5. The second-order valence-corrected chi connectivity index (χ2v) is 8.75. The Morgan fingerprint density at radius 1 is 0.895 bits per heavy atom. The molecule has 0 bridgehead atoms. The first-order chi connectivity index (χ1) is 8.67. The average Bonchev–Trinajstić information content (AvgIpc) is 2.25. The average molecular weight is 359 g/mol. The first-order valence-electron chi connectivity index (χ1n) is 5.67. The summed E-state index contributed by atoms with van der Waals surface area (Å²) in [7, 11) is 2.35. The number of hydrogen-bond acceptors (Lipinski definition) is 6. The molecule has 0 fully saturated rings. The molecule has 0 spiro atoms. The number of halogens is 1. The van der Waals surface area contributed by atoms with Gasteiger partial charge in [-0.3, -0.25) is 0 Å². The Balaban J connectivity index is 5.95. The third-order valence-electron chi connectivity index (χ3n) is 1.72. The molecule has 0 saturated heterocycles. The van der Waals surface area contributed by atoms with Crippen LogP contribution in [0.3, 0.4) is 0 Å². The molecule has 0 aromatic heterocycles. The van der Waals surface area contributed by atoms with Crippen LogP contribution in [0.5, 0.6) is 0 Å². The topological polar surface area (TPSA) is 71.1 Å². The lowest BCUT2D eigenvalue weighted by Gasteiger charge is -2.26. The van der Waals surface area contributed by atoms with Gasteiger partial charge in [-0.1, -0.05) is 0 Å². The molecule has 19 heavy (non-hydrogen) atoms. The van der Waals surface area contributed by atoms with Crippen molar-refractivity contribution in [3.8, 4) is 0 Å². The van der Waals surface area contributed by atoms with E-state index in [0.29, 0.717) is 0 Å². The highest BCUT2D eigenvalue weighted by atomic mass is 79.9. The minimum Gasteiger partial charge on any atom is -0.465 e. The van der Waals surface area contributed by atoms with Crippen LogP contribution in [-0.2, 0) is 28.1 Å². The van der Waals surface area contributed by atoms with E-state index in [-0.39, 0.29) is 17.5 Å². The van der Waals surface area contributed by atoms with E-state index in [2.05, 4.69) is 25.0 Å². The summed E-state index contributed by atoms with van der Waals surface area (Å²) >= 11 is 3.26. The van der Waals surface area contributed by atoms with Crippen molar-refractivity contribution in [3.05, 3.63) is 0 Å². The SMILES string of the molecule is COC(=O)C(C(=O)OC)=P(Br)(OC(C)C)OC(C)C. The van der Waals surface area contributed by atoms with Gasteiger partial charge in [-0.15, -0.1) is 0 Å². The highest BCUT2D eigenvalue weighted by molar-refractivity contribution is 9.40. The predicted octanol–water partition coefficient (Wildman–Crippen LogP) is 2.51. The van der Waals surface area contributed by atoms with E-state index in [1.807, 2.05) is 0 Å². The largest absolute Gasteiger partial charge is 0.465 e. The van der Waals surface area contributed by atoms with Crippen molar-refractivity contribution in [2.45, 2.75) is 39.9 Å². The summed E-state index contributed by atoms with van der Waals surface area (Å²) in [6.07, 6.45) is -0.508. The zero-order valence-electron chi connectivity index (χ0n) is 11.9. The Morgan fingerprint density at radius 3 is 1.42 bits per heavy atom. The summed E-state index contributed by atoms with van der Waals surface area (Å²) in [5.74, 6) is -1.67. The van der Waals surface area contributed by atoms with Crippen LogP contribution in [0.4, 0.5) is 0 Å². The first kappa shape index (κ1) is 18.6. The quantitative estimate of drug-likeness (QED) is 0.412. The van der Waals surface area contributed by atoms with Crippen LogP contribution in [0.1, 0.15) is 27.7 Å². The molecule has 0 radical (unpaired) electrons. The van der Waals surface area contributed by atoms with Crippen LogP contribution >= 0.6 is 21.5 Å². The van der Waals surface area contributed by atoms with Crippen molar-refractivity contribution >= 4 is 38.8 Å². The van der Waals surface area contributed by atoms with Gasteiger partial charge in [0.05, 0.1) is 26.4 Å². The Bertz CT molecular complexity index is 359. The minimum absolute atomic E-state index is 0.254. The smallest absolute Gasteiger partial charge is 0.350 e. The summed E-state index contributed by atoms with van der Waals surface area (Å²) in [6, 6.07) is -3.06. The van der Waals surface area contributed by atoms with Gasteiger partial charge in [0.2, 0.25) is 11.3 Å². The Morgan fingerprint density at radius 2 is 1.21 bits per heavy atom. The fourth-order valence-corrected chi connectivity index (χ4v) is 6.01. The molecule has 0 atom stereocenters. The molecule has 0 saturated carbocycles. The van der Waals surface area contributed by atoms with Gasteiger partial charge >= 0.3 is 11.9 Å². The summed E-state index contributed by atoms with van der Waals surface area (Å²) in [4.78, 5) is 23.6. The molecule has 112 valence electrons. The zero-order chi connectivity index (χ0) is 15.2. The van der Waals surface area contributed by atoms with Crippen LogP contribution in [0.25, 0.3) is 0 Å². The molecule has 0 aliphatic carbocycles. The monoisotopic (exact) mass is 358 g/mol. The van der Waals surface area contributed by atoms with Gasteiger partial charge in [0.1, 0.15) is 0 Å². The first-order valence-corrected chi connectivity index (χ1v) is 9.31. The molecular weight excluding hydrogens is 339 g/mol. The van der Waals surface area contributed by atoms with Crippen LogP contribution < -0.4 is 0 Å². The maximum Gasteiger partial charge on any atom is 0.350 e. The number of carbonyl (C=O) groups is 2. The van der Waals surface area contributed by atoms with Crippen molar-refractivity contribution in [2.24, 2.45) is 0 Å². The molecular formula is C11H20BrO6P. The van der Waals surface area contributed by atoms with Gasteiger partial charge < -0.3 is 18.5 Å². The van der Waals surface area contributed by atoms with E-state index in [4.69, 9.17) is 9.05 Å². The van der Waals surface area contributed by atoms with Crippen molar-refractivity contribution in [1.29, 1.82) is 0 Å². The molecule has 8 heteroatoms. The van der Waals surface area contributed by atoms with Crippen molar-refractivity contribution in [1.82, 2.24) is 0 Å². The number of esters is 2. The molecule has 0 rings (SSSR count). The molecule has 6 nitrogen and oxygen atoms in total. The van der Waals surface area contributed by atoms with E-state index in [9.17, 15) is 9.59 Å². The van der Waals surface area contributed by atoms with Crippen molar-refractivity contribution < 1.29 is 28.1 Å². The fourth-order valence-electron chi connectivity index (χ4n) is 1.17. The Labute approximate surface area is 121 Å². The van der Waals surface area contributed by atoms with E-state index in [1.54, 1.807) is 27.7 Å². The second-order valence-electron chi connectivity index (χ2n) is 4.12. The molecule has 0 amide bonds. The van der Waals surface area contributed by atoms with E-state index < -0.39 is 18.0 Å². The highest BCUT2D eigenvalue weighted by Crippen LogP contribution is 2.61.